The van der Waals surface area contributed by atoms with Crippen LogP contribution in [0.15, 0.2) is 30.5 Å². The fourth-order valence-electron chi connectivity index (χ4n) is 1.85. The second kappa shape index (κ2) is 3.75. The molecule has 0 saturated heterocycles. The molecule has 0 bridgehead atoms. The zero-order valence-corrected chi connectivity index (χ0v) is 10.7. The number of aromatic nitrogens is 2. The van der Waals surface area contributed by atoms with Crippen molar-refractivity contribution >= 4 is 34.4 Å². The Balaban J connectivity index is 2.31. The molecule has 0 radical (unpaired) electrons. The van der Waals surface area contributed by atoms with Crippen molar-refractivity contribution in [1.29, 1.82) is 0 Å². The second-order valence-electron chi connectivity index (χ2n) is 3.83. The summed E-state index contributed by atoms with van der Waals surface area (Å²) in [7, 11) is 0. The molecule has 3 heterocycles. The smallest absolute Gasteiger partial charge is 0.142 e. The number of halogens is 1. The lowest BCUT2D eigenvalue weighted by Crippen LogP contribution is -1.93. The minimum absolute atomic E-state index is 0.655. The summed E-state index contributed by atoms with van der Waals surface area (Å²) in [6, 6.07) is 7.79. The molecule has 3 aromatic rings. The summed E-state index contributed by atoms with van der Waals surface area (Å²) >= 11 is 7.42. The summed E-state index contributed by atoms with van der Waals surface area (Å²) in [5.41, 5.74) is 8.91. The predicted octanol–water partition coefficient (Wildman–Crippen LogP) is 3.61. The first-order valence-corrected chi connectivity index (χ1v) is 6.35. The molecular weight excluding hydrogens is 254 g/mol. The SMILES string of the molecule is Cc1cccn2c(N)c(-c3ccc(Cl)s3)nc12. The van der Waals surface area contributed by atoms with Crippen LogP contribution in [0.4, 0.5) is 5.82 Å². The van der Waals surface area contributed by atoms with Gasteiger partial charge in [0.15, 0.2) is 0 Å². The molecule has 17 heavy (non-hydrogen) atoms. The fourth-order valence-corrected chi connectivity index (χ4v) is 2.89. The Hall–Kier alpha value is -1.52. The van der Waals surface area contributed by atoms with E-state index < -0.39 is 0 Å². The zero-order valence-electron chi connectivity index (χ0n) is 9.14. The third-order valence-corrected chi connectivity index (χ3v) is 3.93. The standard InChI is InChI=1S/C12H10ClN3S/c1-7-3-2-6-16-11(14)10(15-12(7)16)8-4-5-9(13)17-8/h2-6H,14H2,1H3. The first-order valence-electron chi connectivity index (χ1n) is 5.15. The topological polar surface area (TPSA) is 43.3 Å². The van der Waals surface area contributed by atoms with Gasteiger partial charge in [0.05, 0.1) is 9.21 Å². The minimum atomic E-state index is 0.655. The van der Waals surface area contributed by atoms with E-state index in [2.05, 4.69) is 4.98 Å². The van der Waals surface area contributed by atoms with Gasteiger partial charge in [0.25, 0.3) is 0 Å². The number of nitrogens with two attached hydrogens (primary N) is 1. The lowest BCUT2D eigenvalue weighted by molar-refractivity contribution is 1.17. The van der Waals surface area contributed by atoms with Gasteiger partial charge >= 0.3 is 0 Å². The fraction of sp³-hybridized carbons (Fsp3) is 0.0833. The van der Waals surface area contributed by atoms with Crippen molar-refractivity contribution < 1.29 is 0 Å². The number of nitrogens with zero attached hydrogens (tertiary/aromatic N) is 2. The van der Waals surface area contributed by atoms with Gasteiger partial charge in [0.1, 0.15) is 17.2 Å². The highest BCUT2D eigenvalue weighted by Crippen LogP contribution is 2.34. The Kier molecular flexibility index (Phi) is 2.34. The predicted molar refractivity (Wildman–Crippen MR) is 72.7 cm³/mol. The third kappa shape index (κ3) is 1.61. The maximum atomic E-state index is 6.11. The third-order valence-electron chi connectivity index (χ3n) is 2.69. The van der Waals surface area contributed by atoms with Crippen molar-refractivity contribution in [3.63, 3.8) is 0 Å². The molecule has 0 saturated carbocycles. The highest BCUT2D eigenvalue weighted by atomic mass is 35.5. The summed E-state index contributed by atoms with van der Waals surface area (Å²) in [6.07, 6.45) is 1.92. The molecule has 3 aromatic heterocycles. The van der Waals surface area contributed by atoms with E-state index in [0.29, 0.717) is 5.82 Å². The number of hydrogen-bond donors (Lipinski definition) is 1. The monoisotopic (exact) mass is 263 g/mol. The molecule has 0 atom stereocenters. The number of thiophene rings is 1. The van der Waals surface area contributed by atoms with E-state index >= 15 is 0 Å². The molecule has 0 aliphatic heterocycles. The normalized spacial score (nSPS) is 11.2. The Morgan fingerprint density at radius 2 is 2.18 bits per heavy atom. The van der Waals surface area contributed by atoms with Gasteiger partial charge in [-0.05, 0) is 30.7 Å². The van der Waals surface area contributed by atoms with Crippen molar-refractivity contribution in [1.82, 2.24) is 9.38 Å². The lowest BCUT2D eigenvalue weighted by atomic mass is 10.3. The van der Waals surface area contributed by atoms with Gasteiger partial charge in [-0.15, -0.1) is 11.3 Å². The Bertz CT molecular complexity index is 699. The Morgan fingerprint density at radius 3 is 2.82 bits per heavy atom. The van der Waals surface area contributed by atoms with E-state index in [1.54, 1.807) is 0 Å². The first-order chi connectivity index (χ1) is 8.16. The Labute approximate surface area is 107 Å². The van der Waals surface area contributed by atoms with Crippen molar-refractivity contribution in [2.75, 3.05) is 5.73 Å². The largest absolute Gasteiger partial charge is 0.383 e. The summed E-state index contributed by atoms with van der Waals surface area (Å²) < 4.78 is 2.64. The van der Waals surface area contributed by atoms with Crippen LogP contribution in [0.2, 0.25) is 4.34 Å². The van der Waals surface area contributed by atoms with Gasteiger partial charge in [-0.3, -0.25) is 4.40 Å². The highest BCUT2D eigenvalue weighted by Gasteiger charge is 2.13. The maximum absolute atomic E-state index is 6.11. The van der Waals surface area contributed by atoms with Gasteiger partial charge in [-0.25, -0.2) is 4.98 Å². The molecule has 3 nitrogen and oxygen atoms in total. The molecule has 0 amide bonds. The van der Waals surface area contributed by atoms with Crippen LogP contribution in [-0.4, -0.2) is 9.38 Å². The molecule has 0 aliphatic carbocycles. The molecular formula is C12H10ClN3S. The molecule has 0 fully saturated rings. The first kappa shape index (κ1) is 10.6. The number of pyridine rings is 1. The number of aryl methyl sites for hydroxylation is 1. The number of anilines is 1. The zero-order chi connectivity index (χ0) is 12.0. The van der Waals surface area contributed by atoms with Crippen LogP contribution >= 0.6 is 22.9 Å². The van der Waals surface area contributed by atoms with E-state index in [-0.39, 0.29) is 0 Å². The maximum Gasteiger partial charge on any atom is 0.142 e. The highest BCUT2D eigenvalue weighted by molar-refractivity contribution is 7.19. The van der Waals surface area contributed by atoms with Crippen LogP contribution in [-0.2, 0) is 0 Å². The van der Waals surface area contributed by atoms with Gasteiger partial charge in [0, 0.05) is 6.20 Å². The summed E-state index contributed by atoms with van der Waals surface area (Å²) in [5, 5.41) is 0. The molecule has 2 N–H and O–H groups in total. The van der Waals surface area contributed by atoms with Crippen LogP contribution in [0.25, 0.3) is 16.2 Å². The van der Waals surface area contributed by atoms with Crippen LogP contribution in [0.1, 0.15) is 5.56 Å². The molecule has 0 aromatic carbocycles. The van der Waals surface area contributed by atoms with Gasteiger partial charge < -0.3 is 5.73 Å². The van der Waals surface area contributed by atoms with E-state index in [9.17, 15) is 0 Å². The molecule has 5 heteroatoms. The summed E-state index contributed by atoms with van der Waals surface area (Å²) in [5.74, 6) is 0.655. The van der Waals surface area contributed by atoms with E-state index in [1.807, 2.05) is 41.8 Å². The number of hydrogen-bond acceptors (Lipinski definition) is 3. The van der Waals surface area contributed by atoms with Crippen LogP contribution < -0.4 is 5.73 Å². The molecule has 0 spiro atoms. The number of rotatable bonds is 1. The van der Waals surface area contributed by atoms with E-state index in [1.165, 1.54) is 11.3 Å². The summed E-state index contributed by atoms with van der Waals surface area (Å²) in [6.45, 7) is 2.02. The van der Waals surface area contributed by atoms with Crippen molar-refractivity contribution in [3.8, 4) is 10.6 Å². The van der Waals surface area contributed by atoms with E-state index in [0.717, 1.165) is 26.1 Å². The number of fused-ring (bicyclic) bond motifs is 1. The molecule has 0 unspecified atom stereocenters. The number of nitrogen functional groups attached to an aromatic ring is 1. The van der Waals surface area contributed by atoms with Gasteiger partial charge in [0.2, 0.25) is 0 Å². The quantitative estimate of drug-likeness (QED) is 0.729. The number of imidazole rings is 1. The van der Waals surface area contributed by atoms with Crippen molar-refractivity contribution in [3.05, 3.63) is 40.4 Å². The van der Waals surface area contributed by atoms with Gasteiger partial charge in [-0.2, -0.15) is 0 Å². The molecule has 86 valence electrons. The van der Waals surface area contributed by atoms with Crippen LogP contribution in [0.5, 0.6) is 0 Å². The van der Waals surface area contributed by atoms with Crippen molar-refractivity contribution in [2.24, 2.45) is 0 Å². The van der Waals surface area contributed by atoms with E-state index in [4.69, 9.17) is 17.3 Å². The average Bonchev–Trinajstić information content (AvgIpc) is 2.85. The Morgan fingerprint density at radius 1 is 1.35 bits per heavy atom. The van der Waals surface area contributed by atoms with Crippen molar-refractivity contribution in [2.45, 2.75) is 6.92 Å². The second-order valence-corrected chi connectivity index (χ2v) is 5.55. The summed E-state index contributed by atoms with van der Waals surface area (Å²) in [4.78, 5) is 5.58. The minimum Gasteiger partial charge on any atom is -0.383 e. The lowest BCUT2D eigenvalue weighted by Gasteiger charge is -1.97. The van der Waals surface area contributed by atoms with Crippen LogP contribution in [0.3, 0.4) is 0 Å². The molecule has 3 rings (SSSR count). The van der Waals surface area contributed by atoms with Crippen LogP contribution in [0, 0.1) is 6.92 Å². The average molecular weight is 264 g/mol. The molecule has 0 aliphatic rings. The van der Waals surface area contributed by atoms with Gasteiger partial charge in [-0.1, -0.05) is 17.7 Å².